The van der Waals surface area contributed by atoms with Crippen molar-refractivity contribution < 1.29 is 4.79 Å². The van der Waals surface area contributed by atoms with Crippen LogP contribution in [0.2, 0.25) is 0 Å². The Morgan fingerprint density at radius 3 is 2.92 bits per heavy atom. The van der Waals surface area contributed by atoms with Crippen LogP contribution in [0.3, 0.4) is 0 Å². The van der Waals surface area contributed by atoms with E-state index >= 15 is 0 Å². The van der Waals surface area contributed by atoms with E-state index in [0.29, 0.717) is 6.54 Å². The van der Waals surface area contributed by atoms with E-state index in [1.807, 2.05) is 36.1 Å². The van der Waals surface area contributed by atoms with E-state index in [-0.39, 0.29) is 5.81 Å². The van der Waals surface area contributed by atoms with Crippen molar-refractivity contribution in [1.29, 1.82) is 0 Å². The number of rotatable bonds is 3. The summed E-state index contributed by atoms with van der Waals surface area (Å²) in [6.07, 6.45) is 3.80. The number of nitrogens with zero attached hydrogens (tertiary/aromatic N) is 2. The van der Waals surface area contributed by atoms with Crippen molar-refractivity contribution in [2.45, 2.75) is 6.92 Å². The quantitative estimate of drug-likeness (QED) is 0.600. The van der Waals surface area contributed by atoms with Gasteiger partial charge in [0.05, 0.1) is 6.67 Å². The Bertz CT molecular complexity index is 195. The second kappa shape index (κ2) is 4.04. The number of nitrogens with one attached hydrogen (secondary N) is 1. The minimum atomic E-state index is -0.0440. The second-order valence-electron chi connectivity index (χ2n) is 2.73. The Kier molecular flexibility index (Phi) is 3.02. The van der Waals surface area contributed by atoms with Crippen molar-refractivity contribution in [3.05, 3.63) is 12.4 Å². The van der Waals surface area contributed by atoms with E-state index in [9.17, 15) is 4.79 Å². The van der Waals surface area contributed by atoms with Crippen molar-refractivity contribution in [3.63, 3.8) is 0 Å². The molecule has 1 radical (unpaired) electrons. The van der Waals surface area contributed by atoms with Gasteiger partial charge in [0, 0.05) is 26.0 Å². The van der Waals surface area contributed by atoms with Crippen molar-refractivity contribution in [2.24, 2.45) is 0 Å². The Morgan fingerprint density at radius 2 is 2.42 bits per heavy atom. The first-order chi connectivity index (χ1) is 5.72. The lowest BCUT2D eigenvalue weighted by Crippen LogP contribution is -2.37. The highest BCUT2D eigenvalue weighted by Gasteiger charge is 2.14. The minimum Gasteiger partial charge on any atom is -0.398 e. The maximum atomic E-state index is 11.0. The topological polar surface area (TPSA) is 35.6 Å². The van der Waals surface area contributed by atoms with Gasteiger partial charge in [-0.2, -0.15) is 0 Å². The van der Waals surface area contributed by atoms with E-state index < -0.39 is 0 Å². The molecule has 1 amide bonds. The highest BCUT2D eigenvalue weighted by atomic mass is 16.1. The summed E-state index contributed by atoms with van der Waals surface area (Å²) in [5.74, 6) is -0.0440. The van der Waals surface area contributed by atoms with Crippen molar-refractivity contribution in [3.8, 4) is 0 Å². The molecule has 65 valence electrons. The van der Waals surface area contributed by atoms with E-state index in [4.69, 9.17) is 0 Å². The number of hydrogen-bond donors (Lipinski definition) is 1. The fourth-order valence-electron chi connectivity index (χ4n) is 1.01. The zero-order valence-corrected chi connectivity index (χ0v) is 7.45. The van der Waals surface area contributed by atoms with Gasteiger partial charge in [-0.25, -0.2) is 0 Å². The lowest BCUT2D eigenvalue weighted by molar-refractivity contribution is 0.257. The van der Waals surface area contributed by atoms with Crippen LogP contribution in [0.4, 0.5) is 4.79 Å². The molecular formula is C7H13BN3O. The maximum absolute atomic E-state index is 11.0. The van der Waals surface area contributed by atoms with E-state index in [0.717, 1.165) is 6.67 Å². The largest absolute Gasteiger partial charge is 0.398 e. The van der Waals surface area contributed by atoms with Crippen LogP contribution in [0.5, 0.6) is 0 Å². The third-order valence-corrected chi connectivity index (χ3v) is 1.53. The second-order valence-corrected chi connectivity index (χ2v) is 2.73. The molecule has 1 aliphatic rings. The Morgan fingerprint density at radius 1 is 1.67 bits per heavy atom. The number of amides is 1. The standard InChI is InChI=1S/C7H13BN3O/c1-3-9-7(12)8-11-5-4-10(2)6-11/h4-5H,3,6H2,1-2H3,(H,9,12). The summed E-state index contributed by atoms with van der Waals surface area (Å²) < 4.78 is 0. The molecule has 0 spiro atoms. The first-order valence-corrected chi connectivity index (χ1v) is 3.99. The lowest BCUT2D eigenvalue weighted by Gasteiger charge is -2.16. The third-order valence-electron chi connectivity index (χ3n) is 1.53. The third kappa shape index (κ3) is 2.49. The Balaban J connectivity index is 2.24. The number of carbonyl (C=O) groups excluding carboxylic acids is 1. The molecule has 1 heterocycles. The molecule has 0 bridgehead atoms. The van der Waals surface area contributed by atoms with Crippen LogP contribution in [0.25, 0.3) is 0 Å². The summed E-state index contributed by atoms with van der Waals surface area (Å²) in [5.41, 5.74) is 0. The van der Waals surface area contributed by atoms with Gasteiger partial charge in [0.25, 0.3) is 0 Å². The first kappa shape index (κ1) is 8.97. The highest BCUT2D eigenvalue weighted by molar-refractivity contribution is 6.71. The smallest absolute Gasteiger partial charge is 0.365 e. The molecule has 1 N–H and O–H groups in total. The zero-order chi connectivity index (χ0) is 8.97. The van der Waals surface area contributed by atoms with Gasteiger partial charge in [-0.15, -0.1) is 0 Å². The van der Waals surface area contributed by atoms with Crippen LogP contribution >= 0.6 is 0 Å². The molecule has 4 nitrogen and oxygen atoms in total. The van der Waals surface area contributed by atoms with E-state index in [1.54, 1.807) is 7.41 Å². The van der Waals surface area contributed by atoms with Gasteiger partial charge in [0.15, 0.2) is 5.81 Å². The molecule has 5 heteroatoms. The molecule has 0 saturated heterocycles. The molecule has 0 atom stereocenters. The average molecular weight is 166 g/mol. The number of hydrogen-bond acceptors (Lipinski definition) is 3. The zero-order valence-electron chi connectivity index (χ0n) is 7.45. The van der Waals surface area contributed by atoms with Gasteiger partial charge in [-0.05, 0) is 6.92 Å². The van der Waals surface area contributed by atoms with Gasteiger partial charge in [-0.3, -0.25) is 4.79 Å². The van der Waals surface area contributed by atoms with Crippen LogP contribution in [0.1, 0.15) is 6.92 Å². The molecule has 1 aliphatic heterocycles. The van der Waals surface area contributed by atoms with Crippen molar-refractivity contribution >= 4 is 13.2 Å². The number of carbonyl (C=O) groups is 1. The summed E-state index contributed by atoms with van der Waals surface area (Å²) in [4.78, 5) is 14.9. The molecule has 0 aliphatic carbocycles. The molecule has 0 aromatic heterocycles. The molecular weight excluding hydrogens is 153 g/mol. The summed E-state index contributed by atoms with van der Waals surface area (Å²) in [7, 11) is 3.52. The molecule has 1 rings (SSSR count). The fraction of sp³-hybridized carbons (Fsp3) is 0.571. The summed E-state index contributed by atoms with van der Waals surface area (Å²) in [6, 6.07) is 0. The summed E-state index contributed by atoms with van der Waals surface area (Å²) >= 11 is 0. The lowest BCUT2D eigenvalue weighted by atomic mass is 9.91. The molecule has 12 heavy (non-hydrogen) atoms. The van der Waals surface area contributed by atoms with Crippen molar-refractivity contribution in [1.82, 2.24) is 15.0 Å². The molecule has 0 aromatic carbocycles. The Labute approximate surface area is 73.5 Å². The fourth-order valence-corrected chi connectivity index (χ4v) is 1.01. The highest BCUT2D eigenvalue weighted by Crippen LogP contribution is 2.00. The summed E-state index contributed by atoms with van der Waals surface area (Å²) in [6.45, 7) is 3.32. The van der Waals surface area contributed by atoms with Gasteiger partial charge < -0.3 is 15.0 Å². The van der Waals surface area contributed by atoms with Crippen LogP contribution in [-0.2, 0) is 0 Å². The predicted octanol–water partition coefficient (Wildman–Crippen LogP) is 0.0112. The molecule has 0 fully saturated rings. The monoisotopic (exact) mass is 166 g/mol. The van der Waals surface area contributed by atoms with Crippen LogP contribution in [0.15, 0.2) is 12.4 Å². The van der Waals surface area contributed by atoms with Gasteiger partial charge in [0.1, 0.15) is 0 Å². The maximum Gasteiger partial charge on any atom is 0.365 e. The molecule has 0 aromatic rings. The predicted molar refractivity (Wildman–Crippen MR) is 48.4 cm³/mol. The normalized spacial score (nSPS) is 15.2. The van der Waals surface area contributed by atoms with Gasteiger partial charge in [0.2, 0.25) is 0 Å². The Hall–Kier alpha value is -1.13. The van der Waals surface area contributed by atoms with Gasteiger partial charge in [-0.1, -0.05) is 0 Å². The van der Waals surface area contributed by atoms with Crippen LogP contribution in [0, 0.1) is 0 Å². The molecule has 0 unspecified atom stereocenters. The van der Waals surface area contributed by atoms with Crippen LogP contribution < -0.4 is 5.32 Å². The van der Waals surface area contributed by atoms with Gasteiger partial charge >= 0.3 is 7.41 Å². The molecule has 0 saturated carbocycles. The van der Waals surface area contributed by atoms with E-state index in [2.05, 4.69) is 5.32 Å². The van der Waals surface area contributed by atoms with Crippen LogP contribution in [-0.4, -0.2) is 43.2 Å². The van der Waals surface area contributed by atoms with Crippen molar-refractivity contribution in [2.75, 3.05) is 20.3 Å². The summed E-state index contributed by atoms with van der Waals surface area (Å²) in [5, 5.41) is 2.70. The van der Waals surface area contributed by atoms with E-state index in [1.165, 1.54) is 0 Å². The minimum absolute atomic E-state index is 0.0440. The first-order valence-electron chi connectivity index (χ1n) is 3.99. The average Bonchev–Trinajstić information content (AvgIpc) is 2.36. The SMILES string of the molecule is CCNC(=O)[B]N1C=CN(C)C1.